The molecule has 0 aliphatic carbocycles. The van der Waals surface area contributed by atoms with Gasteiger partial charge in [-0.2, -0.15) is 0 Å². The highest BCUT2D eigenvalue weighted by atomic mass is 16.2. The van der Waals surface area contributed by atoms with Crippen LogP contribution in [-0.2, 0) is 0 Å². The number of likely N-dealkylation sites (tertiary alicyclic amines) is 1. The summed E-state index contributed by atoms with van der Waals surface area (Å²) in [7, 11) is 3.62. The molecule has 0 radical (unpaired) electrons. The standard InChI is InChI=1S/C17H27N3O/c1-13-6-5-7-15(12-13)14(2)18-16-8-10-20(11-9-16)17(21)19(3)4/h5-7,12,14,16,18H,8-11H2,1-4H3/t14-/m0/s1. The Kier molecular flexibility index (Phi) is 5.23. The average Bonchev–Trinajstić information content (AvgIpc) is 2.47. The monoisotopic (exact) mass is 289 g/mol. The third-order valence-corrected chi connectivity index (χ3v) is 4.18. The molecule has 1 saturated heterocycles. The predicted molar refractivity (Wildman–Crippen MR) is 86.4 cm³/mol. The van der Waals surface area contributed by atoms with E-state index >= 15 is 0 Å². The highest BCUT2D eigenvalue weighted by molar-refractivity contribution is 5.73. The Morgan fingerprint density at radius 1 is 1.33 bits per heavy atom. The molecule has 0 aromatic heterocycles. The van der Waals surface area contributed by atoms with Crippen LogP contribution in [-0.4, -0.2) is 49.1 Å². The molecule has 2 rings (SSSR count). The molecule has 21 heavy (non-hydrogen) atoms. The first-order valence-corrected chi connectivity index (χ1v) is 7.76. The molecule has 0 spiro atoms. The zero-order valence-corrected chi connectivity index (χ0v) is 13.6. The van der Waals surface area contributed by atoms with Gasteiger partial charge in [0.05, 0.1) is 0 Å². The SMILES string of the molecule is Cc1cccc([C@H](C)NC2CCN(C(=O)N(C)C)CC2)c1. The smallest absolute Gasteiger partial charge is 0.319 e. The first-order valence-electron chi connectivity index (χ1n) is 7.76. The molecule has 1 fully saturated rings. The van der Waals surface area contributed by atoms with Crippen LogP contribution < -0.4 is 5.32 Å². The van der Waals surface area contributed by atoms with Crippen molar-refractivity contribution in [1.29, 1.82) is 0 Å². The van der Waals surface area contributed by atoms with Crippen LogP contribution in [0.2, 0.25) is 0 Å². The van der Waals surface area contributed by atoms with E-state index in [-0.39, 0.29) is 6.03 Å². The number of urea groups is 1. The van der Waals surface area contributed by atoms with E-state index in [4.69, 9.17) is 0 Å². The van der Waals surface area contributed by atoms with Gasteiger partial charge in [0.1, 0.15) is 0 Å². The Hall–Kier alpha value is -1.55. The van der Waals surface area contributed by atoms with Crippen molar-refractivity contribution in [3.8, 4) is 0 Å². The van der Waals surface area contributed by atoms with Crippen LogP contribution in [0.15, 0.2) is 24.3 Å². The van der Waals surface area contributed by atoms with Crippen molar-refractivity contribution in [3.63, 3.8) is 0 Å². The van der Waals surface area contributed by atoms with Gasteiger partial charge >= 0.3 is 6.03 Å². The van der Waals surface area contributed by atoms with Gasteiger partial charge in [0.2, 0.25) is 0 Å². The Morgan fingerprint density at radius 2 is 2.00 bits per heavy atom. The molecule has 4 nitrogen and oxygen atoms in total. The van der Waals surface area contributed by atoms with E-state index in [0.717, 1.165) is 25.9 Å². The molecule has 0 unspecified atom stereocenters. The summed E-state index contributed by atoms with van der Waals surface area (Å²) in [5.41, 5.74) is 2.63. The molecule has 1 aromatic rings. The number of nitrogens with one attached hydrogen (secondary N) is 1. The number of hydrogen-bond acceptors (Lipinski definition) is 2. The zero-order valence-electron chi connectivity index (χ0n) is 13.6. The van der Waals surface area contributed by atoms with Gasteiger partial charge in [-0.15, -0.1) is 0 Å². The van der Waals surface area contributed by atoms with Gasteiger partial charge in [0, 0.05) is 39.3 Å². The summed E-state index contributed by atoms with van der Waals surface area (Å²) in [6, 6.07) is 9.62. The lowest BCUT2D eigenvalue weighted by Gasteiger charge is -2.35. The average molecular weight is 289 g/mol. The Balaban J connectivity index is 1.85. The number of benzene rings is 1. The Labute approximate surface area is 128 Å². The summed E-state index contributed by atoms with van der Waals surface area (Å²) in [5, 5.41) is 3.70. The van der Waals surface area contributed by atoms with Crippen LogP contribution in [0.1, 0.15) is 36.9 Å². The highest BCUT2D eigenvalue weighted by Crippen LogP contribution is 2.18. The van der Waals surface area contributed by atoms with E-state index in [1.54, 1.807) is 4.90 Å². The number of piperidine rings is 1. The number of aryl methyl sites for hydroxylation is 1. The van der Waals surface area contributed by atoms with Crippen molar-refractivity contribution in [2.45, 2.75) is 38.8 Å². The van der Waals surface area contributed by atoms with Crippen molar-refractivity contribution in [3.05, 3.63) is 35.4 Å². The minimum atomic E-state index is 0.125. The number of carbonyl (C=O) groups excluding carboxylic acids is 1. The lowest BCUT2D eigenvalue weighted by Crippen LogP contribution is -2.48. The first-order chi connectivity index (χ1) is 9.97. The van der Waals surface area contributed by atoms with Crippen LogP contribution in [0, 0.1) is 6.92 Å². The van der Waals surface area contributed by atoms with Gasteiger partial charge in [-0.1, -0.05) is 29.8 Å². The van der Waals surface area contributed by atoms with Gasteiger partial charge in [0.25, 0.3) is 0 Å². The van der Waals surface area contributed by atoms with E-state index in [0.29, 0.717) is 12.1 Å². The summed E-state index contributed by atoms with van der Waals surface area (Å²) in [5.74, 6) is 0. The quantitative estimate of drug-likeness (QED) is 0.928. The number of rotatable bonds is 3. The first kappa shape index (κ1) is 15.8. The van der Waals surface area contributed by atoms with Crippen molar-refractivity contribution >= 4 is 6.03 Å². The molecule has 0 saturated carbocycles. The number of nitrogens with zero attached hydrogens (tertiary/aromatic N) is 2. The maximum atomic E-state index is 11.9. The second-order valence-electron chi connectivity index (χ2n) is 6.24. The lowest BCUT2D eigenvalue weighted by atomic mass is 10.0. The van der Waals surface area contributed by atoms with E-state index < -0.39 is 0 Å². The van der Waals surface area contributed by atoms with Crippen LogP contribution in [0.4, 0.5) is 4.79 Å². The van der Waals surface area contributed by atoms with Crippen LogP contribution in [0.25, 0.3) is 0 Å². The molecule has 1 aliphatic heterocycles. The van der Waals surface area contributed by atoms with Crippen molar-refractivity contribution in [2.75, 3.05) is 27.2 Å². The largest absolute Gasteiger partial charge is 0.331 e. The second kappa shape index (κ2) is 6.94. The predicted octanol–water partition coefficient (Wildman–Crippen LogP) is 2.79. The van der Waals surface area contributed by atoms with E-state index in [2.05, 4.69) is 43.4 Å². The summed E-state index contributed by atoms with van der Waals surface area (Å²) in [4.78, 5) is 15.5. The fraction of sp³-hybridized carbons (Fsp3) is 0.588. The normalized spacial score (nSPS) is 17.6. The lowest BCUT2D eigenvalue weighted by molar-refractivity contribution is 0.151. The highest BCUT2D eigenvalue weighted by Gasteiger charge is 2.24. The van der Waals surface area contributed by atoms with Gasteiger partial charge in [0.15, 0.2) is 0 Å². The Morgan fingerprint density at radius 3 is 2.57 bits per heavy atom. The molecular weight excluding hydrogens is 262 g/mol. The summed E-state index contributed by atoms with van der Waals surface area (Å²) in [6.07, 6.45) is 2.05. The third kappa shape index (κ3) is 4.21. The van der Waals surface area contributed by atoms with Crippen LogP contribution in [0.5, 0.6) is 0 Å². The molecule has 1 aromatic carbocycles. The summed E-state index contributed by atoms with van der Waals surface area (Å²) < 4.78 is 0. The molecule has 1 aliphatic rings. The minimum absolute atomic E-state index is 0.125. The summed E-state index contributed by atoms with van der Waals surface area (Å²) >= 11 is 0. The zero-order chi connectivity index (χ0) is 15.4. The molecule has 2 amide bonds. The van der Waals surface area contributed by atoms with Gasteiger partial charge < -0.3 is 15.1 Å². The molecule has 0 bridgehead atoms. The second-order valence-corrected chi connectivity index (χ2v) is 6.24. The molecule has 1 N–H and O–H groups in total. The fourth-order valence-electron chi connectivity index (χ4n) is 2.91. The number of amides is 2. The number of hydrogen-bond donors (Lipinski definition) is 1. The molecule has 1 heterocycles. The van der Waals surface area contributed by atoms with Crippen molar-refractivity contribution in [2.24, 2.45) is 0 Å². The molecule has 4 heteroatoms. The van der Waals surface area contributed by atoms with E-state index in [1.165, 1.54) is 11.1 Å². The van der Waals surface area contributed by atoms with Crippen molar-refractivity contribution in [1.82, 2.24) is 15.1 Å². The maximum absolute atomic E-state index is 11.9. The van der Waals surface area contributed by atoms with E-state index in [9.17, 15) is 4.79 Å². The van der Waals surface area contributed by atoms with Crippen LogP contribution >= 0.6 is 0 Å². The van der Waals surface area contributed by atoms with Crippen LogP contribution in [0.3, 0.4) is 0 Å². The topological polar surface area (TPSA) is 35.6 Å². The summed E-state index contributed by atoms with van der Waals surface area (Å²) in [6.45, 7) is 6.03. The third-order valence-electron chi connectivity index (χ3n) is 4.18. The fourth-order valence-corrected chi connectivity index (χ4v) is 2.91. The molecule has 116 valence electrons. The van der Waals surface area contributed by atoms with Gasteiger partial charge in [-0.25, -0.2) is 4.79 Å². The van der Waals surface area contributed by atoms with Gasteiger partial charge in [-0.3, -0.25) is 0 Å². The van der Waals surface area contributed by atoms with Crippen molar-refractivity contribution < 1.29 is 4.79 Å². The molecule has 1 atom stereocenters. The maximum Gasteiger partial charge on any atom is 0.319 e. The number of carbonyl (C=O) groups is 1. The Bertz CT molecular complexity index is 479. The molecular formula is C17H27N3O. The minimum Gasteiger partial charge on any atom is -0.331 e. The van der Waals surface area contributed by atoms with E-state index in [1.807, 2.05) is 19.0 Å². The van der Waals surface area contributed by atoms with Gasteiger partial charge in [-0.05, 0) is 32.3 Å².